The molecule has 0 bridgehead atoms. The first kappa shape index (κ1) is 14.4. The Labute approximate surface area is 112 Å². The smallest absolute Gasteiger partial charge is 0.399 e. The van der Waals surface area contributed by atoms with Crippen LogP contribution in [-0.2, 0) is 22.7 Å². The fraction of sp³-hybridized carbons (Fsp3) is 0.538. The number of hydrogen-bond donors (Lipinski definition) is 1. The molecule has 1 aromatic carbocycles. The largest absolute Gasteiger partial charge is 0.416 e. The summed E-state index contributed by atoms with van der Waals surface area (Å²) in [4.78, 5) is 0. The van der Waals surface area contributed by atoms with E-state index in [-0.39, 0.29) is 22.3 Å². The Balaban J connectivity index is 2.22. The monoisotopic (exact) mass is 291 g/mol. The molecule has 0 amide bonds. The van der Waals surface area contributed by atoms with Gasteiger partial charge in [-0.25, -0.2) is 0 Å². The van der Waals surface area contributed by atoms with Crippen LogP contribution in [0.2, 0.25) is 0 Å². The summed E-state index contributed by atoms with van der Waals surface area (Å²) in [7, 11) is -1.24. The lowest BCUT2D eigenvalue weighted by atomic mass is 10.1. The van der Waals surface area contributed by atoms with Gasteiger partial charge in [0.1, 0.15) is 0 Å². The van der Waals surface area contributed by atoms with Crippen LogP contribution in [0, 0.1) is 0 Å². The molecule has 0 spiro atoms. The van der Waals surface area contributed by atoms with Crippen LogP contribution in [0.3, 0.4) is 0 Å². The molecule has 1 fully saturated rings. The number of benzene rings is 1. The fourth-order valence-electron chi connectivity index (χ4n) is 2.41. The van der Waals surface area contributed by atoms with E-state index in [1.54, 1.807) is 0 Å². The topological polar surface area (TPSA) is 43.1 Å². The quantitative estimate of drug-likeness (QED) is 0.866. The van der Waals surface area contributed by atoms with Gasteiger partial charge in [0.15, 0.2) is 0 Å². The zero-order valence-corrected chi connectivity index (χ0v) is 11.2. The summed E-state index contributed by atoms with van der Waals surface area (Å²) >= 11 is 0. The molecule has 0 aromatic heterocycles. The predicted octanol–water partition coefficient (Wildman–Crippen LogP) is 3.48. The number of alkyl halides is 3. The standard InChI is InChI=1S/C13H16F3NOS/c14-13(15,16)12-7-10(17)6-5-9(12)8-19(18)11-3-1-2-4-11/h5-7,11H,1-4,8,17H2. The minimum Gasteiger partial charge on any atom is -0.399 e. The van der Waals surface area contributed by atoms with Gasteiger partial charge in [-0.05, 0) is 30.5 Å². The van der Waals surface area contributed by atoms with Gasteiger partial charge in [-0.15, -0.1) is 0 Å². The van der Waals surface area contributed by atoms with Gasteiger partial charge in [0.25, 0.3) is 0 Å². The Morgan fingerprint density at radius 2 is 1.89 bits per heavy atom. The zero-order valence-electron chi connectivity index (χ0n) is 10.4. The summed E-state index contributed by atoms with van der Waals surface area (Å²) in [5, 5.41) is 0.0404. The molecule has 1 atom stereocenters. The van der Waals surface area contributed by atoms with Gasteiger partial charge in [0, 0.05) is 27.5 Å². The molecule has 0 radical (unpaired) electrons. The van der Waals surface area contributed by atoms with Gasteiger partial charge >= 0.3 is 6.18 Å². The average molecular weight is 291 g/mol. The number of anilines is 1. The molecule has 2 nitrogen and oxygen atoms in total. The molecular formula is C13H16F3NOS. The van der Waals surface area contributed by atoms with Crippen LogP contribution < -0.4 is 5.73 Å². The molecule has 106 valence electrons. The second-order valence-corrected chi connectivity index (χ2v) is 6.56. The van der Waals surface area contributed by atoms with E-state index < -0.39 is 22.5 Å². The molecule has 0 heterocycles. The number of nitrogens with two attached hydrogens (primary N) is 1. The van der Waals surface area contributed by atoms with E-state index in [0.717, 1.165) is 31.7 Å². The van der Waals surface area contributed by atoms with E-state index in [0.29, 0.717) is 0 Å². The summed E-state index contributed by atoms with van der Waals surface area (Å²) in [6, 6.07) is 3.68. The second kappa shape index (κ2) is 5.53. The minimum absolute atomic E-state index is 0.0404. The maximum atomic E-state index is 12.9. The Morgan fingerprint density at radius 3 is 2.47 bits per heavy atom. The van der Waals surface area contributed by atoms with Gasteiger partial charge in [-0.2, -0.15) is 13.2 Å². The maximum absolute atomic E-state index is 12.9. The lowest BCUT2D eigenvalue weighted by Gasteiger charge is -2.15. The normalized spacial score (nSPS) is 18.7. The molecule has 1 saturated carbocycles. The van der Waals surface area contributed by atoms with Gasteiger partial charge in [0.05, 0.1) is 5.56 Å². The molecule has 1 aliphatic rings. The molecular weight excluding hydrogens is 275 g/mol. The Morgan fingerprint density at radius 1 is 1.26 bits per heavy atom. The predicted molar refractivity (Wildman–Crippen MR) is 70.0 cm³/mol. The number of hydrogen-bond acceptors (Lipinski definition) is 2. The van der Waals surface area contributed by atoms with Crippen molar-refractivity contribution in [3.63, 3.8) is 0 Å². The summed E-state index contributed by atoms with van der Waals surface area (Å²) in [6.07, 6.45) is -0.717. The van der Waals surface area contributed by atoms with Crippen molar-refractivity contribution in [3.05, 3.63) is 29.3 Å². The highest BCUT2D eigenvalue weighted by molar-refractivity contribution is 7.84. The molecule has 1 aliphatic carbocycles. The summed E-state index contributed by atoms with van der Waals surface area (Å²) in [5.41, 5.74) is 4.78. The number of nitrogen functional groups attached to an aromatic ring is 1. The van der Waals surface area contributed by atoms with Gasteiger partial charge in [-0.1, -0.05) is 18.9 Å². The SMILES string of the molecule is Nc1ccc(CS(=O)C2CCCC2)c(C(F)(F)F)c1. The molecule has 0 saturated heterocycles. The van der Waals surface area contributed by atoms with Gasteiger partial charge in [0.2, 0.25) is 0 Å². The van der Waals surface area contributed by atoms with Crippen LogP contribution in [0.25, 0.3) is 0 Å². The molecule has 2 rings (SSSR count). The third kappa shape index (κ3) is 3.49. The maximum Gasteiger partial charge on any atom is 0.416 e. The Kier molecular flexibility index (Phi) is 4.18. The summed E-state index contributed by atoms with van der Waals surface area (Å²) in [5.74, 6) is -0.0419. The van der Waals surface area contributed by atoms with Crippen molar-refractivity contribution >= 4 is 16.5 Å². The Bertz CT molecular complexity index is 481. The molecule has 1 unspecified atom stereocenters. The molecule has 6 heteroatoms. The van der Waals surface area contributed by atoms with Crippen LogP contribution in [0.15, 0.2) is 18.2 Å². The molecule has 19 heavy (non-hydrogen) atoms. The van der Waals surface area contributed by atoms with Crippen molar-refractivity contribution in [2.75, 3.05) is 5.73 Å². The van der Waals surface area contributed by atoms with Crippen LogP contribution in [-0.4, -0.2) is 9.46 Å². The highest BCUT2D eigenvalue weighted by atomic mass is 32.2. The summed E-state index contributed by atoms with van der Waals surface area (Å²) in [6.45, 7) is 0. The van der Waals surface area contributed by atoms with Crippen molar-refractivity contribution in [1.82, 2.24) is 0 Å². The summed E-state index contributed by atoms with van der Waals surface area (Å²) < 4.78 is 50.8. The highest BCUT2D eigenvalue weighted by Crippen LogP contribution is 2.35. The second-order valence-electron chi connectivity index (χ2n) is 4.85. The third-order valence-electron chi connectivity index (χ3n) is 3.41. The minimum atomic E-state index is -4.45. The molecule has 1 aromatic rings. The average Bonchev–Trinajstić information content (AvgIpc) is 2.83. The van der Waals surface area contributed by atoms with Crippen molar-refractivity contribution < 1.29 is 17.4 Å². The molecule has 2 N–H and O–H groups in total. The van der Waals surface area contributed by atoms with Gasteiger partial charge in [-0.3, -0.25) is 4.21 Å². The lowest BCUT2D eigenvalue weighted by molar-refractivity contribution is -0.138. The van der Waals surface area contributed by atoms with Crippen LogP contribution in [0.1, 0.15) is 36.8 Å². The van der Waals surface area contributed by atoms with Crippen LogP contribution in [0.5, 0.6) is 0 Å². The number of halogens is 3. The Hall–Kier alpha value is -1.04. The van der Waals surface area contributed by atoms with Crippen molar-refractivity contribution in [1.29, 1.82) is 0 Å². The first-order valence-corrected chi connectivity index (χ1v) is 7.59. The van der Waals surface area contributed by atoms with Crippen molar-refractivity contribution in [2.24, 2.45) is 0 Å². The zero-order chi connectivity index (χ0) is 14.0. The highest BCUT2D eigenvalue weighted by Gasteiger charge is 2.34. The van der Waals surface area contributed by atoms with E-state index in [4.69, 9.17) is 5.73 Å². The van der Waals surface area contributed by atoms with E-state index in [2.05, 4.69) is 0 Å². The van der Waals surface area contributed by atoms with E-state index in [9.17, 15) is 17.4 Å². The van der Waals surface area contributed by atoms with E-state index in [1.165, 1.54) is 12.1 Å². The van der Waals surface area contributed by atoms with Crippen LogP contribution in [0.4, 0.5) is 18.9 Å². The van der Waals surface area contributed by atoms with E-state index >= 15 is 0 Å². The fourth-order valence-corrected chi connectivity index (χ4v) is 4.06. The third-order valence-corrected chi connectivity index (χ3v) is 5.22. The first-order chi connectivity index (χ1) is 8.88. The van der Waals surface area contributed by atoms with E-state index in [1.807, 2.05) is 0 Å². The number of rotatable bonds is 3. The molecule has 0 aliphatic heterocycles. The van der Waals surface area contributed by atoms with Crippen molar-refractivity contribution in [3.8, 4) is 0 Å². The first-order valence-electron chi connectivity index (χ1n) is 6.20. The van der Waals surface area contributed by atoms with Crippen molar-refractivity contribution in [2.45, 2.75) is 42.9 Å². The lowest BCUT2D eigenvalue weighted by Crippen LogP contribution is -2.16. The van der Waals surface area contributed by atoms with Gasteiger partial charge < -0.3 is 5.73 Å². The van der Waals surface area contributed by atoms with Crippen LogP contribution >= 0.6 is 0 Å².